The molecule has 2 aromatic rings. The van der Waals surface area contributed by atoms with Crippen LogP contribution < -0.4 is 14.2 Å². The van der Waals surface area contributed by atoms with Crippen molar-refractivity contribution in [1.29, 1.82) is 0 Å². The van der Waals surface area contributed by atoms with Crippen LogP contribution in [0.2, 0.25) is 0 Å². The van der Waals surface area contributed by atoms with Crippen LogP contribution in [0.25, 0.3) is 5.53 Å². The van der Waals surface area contributed by atoms with Gasteiger partial charge in [-0.2, -0.15) is 4.79 Å². The van der Waals surface area contributed by atoms with Crippen molar-refractivity contribution in [1.82, 2.24) is 0 Å². The van der Waals surface area contributed by atoms with Gasteiger partial charge in [0.2, 0.25) is 0 Å². The minimum absolute atomic E-state index is 0.369. The van der Waals surface area contributed by atoms with Crippen molar-refractivity contribution in [3.05, 3.63) is 59.6 Å². The van der Waals surface area contributed by atoms with Gasteiger partial charge in [0.1, 0.15) is 17.2 Å². The first kappa shape index (κ1) is 31.6. The molecule has 0 atom stereocenters. The first-order chi connectivity index (χ1) is 19.1. The van der Waals surface area contributed by atoms with Crippen LogP contribution in [0.4, 0.5) is 0 Å². The Morgan fingerprint density at radius 2 is 1.13 bits per heavy atom. The molecule has 2 aromatic carbocycles. The van der Waals surface area contributed by atoms with E-state index in [9.17, 15) is 9.59 Å². The Hall–Kier alpha value is -3.64. The summed E-state index contributed by atoms with van der Waals surface area (Å²) in [5.41, 5.74) is 8.69. The third-order valence-corrected chi connectivity index (χ3v) is 6.11. The molecule has 0 aliphatic heterocycles. The SMILES string of the molecule is CCCCOc1ccc(OC(=O)c2ccc(OCCCCCCCCCCCCOC(=O)C=[N+]=[N-])cc2)cc1. The number of hydrogen-bond donors (Lipinski definition) is 0. The second-order valence-electron chi connectivity index (χ2n) is 9.38. The molecule has 0 amide bonds. The fourth-order valence-electron chi connectivity index (χ4n) is 3.86. The number of esters is 2. The maximum absolute atomic E-state index is 12.4. The molecule has 0 spiro atoms. The Balaban J connectivity index is 1.47. The van der Waals surface area contributed by atoms with Crippen molar-refractivity contribution in [2.24, 2.45) is 0 Å². The van der Waals surface area contributed by atoms with Gasteiger partial charge in [0.05, 0.1) is 25.4 Å². The van der Waals surface area contributed by atoms with E-state index in [1.165, 1.54) is 32.1 Å². The van der Waals surface area contributed by atoms with Gasteiger partial charge in [-0.05, 0) is 67.8 Å². The molecule has 0 fully saturated rings. The predicted octanol–water partition coefficient (Wildman–Crippen LogP) is 7.21. The van der Waals surface area contributed by atoms with E-state index in [1.54, 1.807) is 48.5 Å². The zero-order valence-electron chi connectivity index (χ0n) is 23.1. The van der Waals surface area contributed by atoms with Crippen LogP contribution in [-0.2, 0) is 9.53 Å². The van der Waals surface area contributed by atoms with Gasteiger partial charge in [0.25, 0.3) is 0 Å². The van der Waals surface area contributed by atoms with Crippen LogP contribution in [0.15, 0.2) is 48.5 Å². The normalized spacial score (nSPS) is 10.4. The second-order valence-corrected chi connectivity index (χ2v) is 9.38. The summed E-state index contributed by atoms with van der Waals surface area (Å²) in [5.74, 6) is 0.981. The molecule has 8 heteroatoms. The van der Waals surface area contributed by atoms with Gasteiger partial charge in [-0.3, -0.25) is 0 Å². The molecule has 0 N–H and O–H groups in total. The predicted molar refractivity (Wildman–Crippen MR) is 151 cm³/mol. The molecule has 0 heterocycles. The van der Waals surface area contributed by atoms with Crippen LogP contribution in [0, 0.1) is 0 Å². The van der Waals surface area contributed by atoms with E-state index < -0.39 is 11.9 Å². The molecule has 0 radical (unpaired) electrons. The highest BCUT2D eigenvalue weighted by Crippen LogP contribution is 2.20. The Labute approximate surface area is 232 Å². The van der Waals surface area contributed by atoms with Gasteiger partial charge in [-0.25, -0.2) is 9.59 Å². The molecule has 8 nitrogen and oxygen atoms in total. The summed E-state index contributed by atoms with van der Waals surface area (Å²) in [6, 6.07) is 14.1. The zero-order chi connectivity index (χ0) is 28.0. The standard InChI is InChI=1S/C31H42N2O6/c1-2-3-22-36-28-18-20-29(21-19-28)39-31(35)26-14-16-27(17-15-26)37-23-12-10-8-6-4-5-7-9-11-13-24-38-30(34)25-33-32/h14-21,25H,2-13,22-24H2,1H3. The van der Waals surface area contributed by atoms with Crippen LogP contribution in [0.3, 0.4) is 0 Å². The smallest absolute Gasteiger partial charge is 0.413 e. The van der Waals surface area contributed by atoms with Crippen molar-refractivity contribution in [3.63, 3.8) is 0 Å². The molecule has 0 unspecified atom stereocenters. The summed E-state index contributed by atoms with van der Waals surface area (Å²) in [5, 5.41) is 0. The highest BCUT2D eigenvalue weighted by atomic mass is 16.5. The number of hydrogen-bond acceptors (Lipinski definition) is 6. The Bertz CT molecular complexity index is 1000. The summed E-state index contributed by atoms with van der Waals surface area (Å²) < 4.78 is 21.8. The molecule has 0 aliphatic rings. The average Bonchev–Trinajstić information content (AvgIpc) is 2.94. The van der Waals surface area contributed by atoms with Crippen molar-refractivity contribution in [2.45, 2.75) is 84.0 Å². The Kier molecular flexibility index (Phi) is 16.5. The molecular formula is C31H42N2O6. The topological polar surface area (TPSA) is 107 Å². The van der Waals surface area contributed by atoms with E-state index in [0.717, 1.165) is 62.7 Å². The van der Waals surface area contributed by atoms with E-state index in [2.05, 4.69) is 11.7 Å². The number of carbonyl (C=O) groups excluding carboxylic acids is 2. The molecular weight excluding hydrogens is 496 g/mol. The van der Waals surface area contributed by atoms with Crippen LogP contribution in [0.5, 0.6) is 17.2 Å². The van der Waals surface area contributed by atoms with Crippen LogP contribution in [0.1, 0.15) is 94.3 Å². The summed E-state index contributed by atoms with van der Waals surface area (Å²) in [6.45, 7) is 3.83. The van der Waals surface area contributed by atoms with Gasteiger partial charge in [0, 0.05) is 0 Å². The highest BCUT2D eigenvalue weighted by Gasteiger charge is 2.09. The van der Waals surface area contributed by atoms with Crippen molar-refractivity contribution in [3.8, 4) is 17.2 Å². The van der Waals surface area contributed by atoms with Gasteiger partial charge < -0.3 is 24.5 Å². The summed E-state index contributed by atoms with van der Waals surface area (Å²) >= 11 is 0. The quantitative estimate of drug-likeness (QED) is 0.0415. The second kappa shape index (κ2) is 20.3. The fraction of sp³-hybridized carbons (Fsp3) is 0.516. The molecule has 39 heavy (non-hydrogen) atoms. The number of unbranched alkanes of at least 4 members (excludes halogenated alkanes) is 10. The van der Waals surface area contributed by atoms with Crippen LogP contribution >= 0.6 is 0 Å². The lowest BCUT2D eigenvalue weighted by atomic mass is 10.1. The molecule has 0 saturated heterocycles. The summed E-state index contributed by atoms with van der Waals surface area (Å²) in [4.78, 5) is 26.0. The maximum Gasteiger partial charge on any atom is 0.413 e. The minimum atomic E-state index is -0.607. The molecule has 0 saturated carbocycles. The van der Waals surface area contributed by atoms with E-state index in [-0.39, 0.29) is 0 Å². The molecule has 2 rings (SSSR count). The summed E-state index contributed by atoms with van der Waals surface area (Å²) in [6.07, 6.45) is 14.1. The molecule has 0 aliphatic carbocycles. The monoisotopic (exact) mass is 538 g/mol. The number of nitrogens with zero attached hydrogens (tertiary/aromatic N) is 2. The lowest BCUT2D eigenvalue weighted by Crippen LogP contribution is -2.08. The van der Waals surface area contributed by atoms with Gasteiger partial charge in [0.15, 0.2) is 0 Å². The van der Waals surface area contributed by atoms with Gasteiger partial charge in [-0.1, -0.05) is 64.7 Å². The van der Waals surface area contributed by atoms with E-state index in [0.29, 0.717) is 31.1 Å². The largest absolute Gasteiger partial charge is 0.494 e. The first-order valence-electron chi connectivity index (χ1n) is 14.1. The number of rotatable bonds is 21. The van der Waals surface area contributed by atoms with E-state index in [4.69, 9.17) is 24.5 Å². The van der Waals surface area contributed by atoms with Gasteiger partial charge in [-0.15, -0.1) is 0 Å². The fourth-order valence-corrected chi connectivity index (χ4v) is 3.86. The molecule has 212 valence electrons. The third kappa shape index (κ3) is 14.8. The van der Waals surface area contributed by atoms with Crippen molar-refractivity contribution >= 4 is 18.2 Å². The minimum Gasteiger partial charge on any atom is -0.494 e. The Morgan fingerprint density at radius 3 is 1.67 bits per heavy atom. The van der Waals surface area contributed by atoms with Gasteiger partial charge >= 0.3 is 18.2 Å². The highest BCUT2D eigenvalue weighted by molar-refractivity contribution is 6.20. The average molecular weight is 539 g/mol. The zero-order valence-corrected chi connectivity index (χ0v) is 23.1. The lowest BCUT2D eigenvalue weighted by Gasteiger charge is -2.09. The summed E-state index contributed by atoms with van der Waals surface area (Å²) in [7, 11) is 0. The maximum atomic E-state index is 12.4. The first-order valence-corrected chi connectivity index (χ1v) is 14.1. The van der Waals surface area contributed by atoms with E-state index in [1.807, 2.05) is 0 Å². The molecule has 0 bridgehead atoms. The number of ether oxygens (including phenoxy) is 4. The Morgan fingerprint density at radius 1 is 0.667 bits per heavy atom. The van der Waals surface area contributed by atoms with Crippen molar-refractivity contribution in [2.75, 3.05) is 19.8 Å². The lowest BCUT2D eigenvalue weighted by molar-refractivity contribution is -0.139. The number of carbonyl (C=O) groups is 2. The number of benzene rings is 2. The third-order valence-electron chi connectivity index (χ3n) is 6.11. The van der Waals surface area contributed by atoms with E-state index >= 15 is 0 Å². The molecule has 0 aromatic heterocycles. The van der Waals surface area contributed by atoms with Crippen LogP contribution in [-0.4, -0.2) is 42.8 Å². The van der Waals surface area contributed by atoms with Crippen molar-refractivity contribution < 1.29 is 33.3 Å².